The number of β-lactam (4-membered cyclic amide) rings is 1. The van der Waals surface area contributed by atoms with Crippen molar-refractivity contribution in [2.24, 2.45) is 5.73 Å². The number of carboxylic acid groups (broad SMARTS) is 1. The molecule has 14 nitrogen and oxygen atoms in total. The van der Waals surface area contributed by atoms with Gasteiger partial charge in [-0.1, -0.05) is 30.3 Å². The Balaban J connectivity index is 1.44. The number of amides is 5. The van der Waals surface area contributed by atoms with Gasteiger partial charge in [-0.3, -0.25) is 19.3 Å². The number of thioether (sulfide) groups is 1. The van der Waals surface area contributed by atoms with E-state index in [4.69, 9.17) is 14.9 Å². The van der Waals surface area contributed by atoms with Gasteiger partial charge in [0.2, 0.25) is 5.91 Å². The fourth-order valence-corrected chi connectivity index (χ4v) is 5.33. The first-order valence-corrected chi connectivity index (χ1v) is 12.5. The number of nitrogens with one attached hydrogen (secondary N) is 3. The highest BCUT2D eigenvalue weighted by Gasteiger charge is 2.54. The summed E-state index contributed by atoms with van der Waals surface area (Å²) in [5.41, 5.74) is 5.48. The number of ketones is 1. The van der Waals surface area contributed by atoms with Crippen molar-refractivity contribution in [3.63, 3.8) is 0 Å². The molecule has 0 spiro atoms. The smallest absolute Gasteiger partial charge is 0.404 e. The van der Waals surface area contributed by atoms with E-state index in [2.05, 4.69) is 16.0 Å². The number of carbonyl (C=O) groups excluding carboxylic acids is 5. The van der Waals surface area contributed by atoms with Crippen molar-refractivity contribution in [1.29, 1.82) is 0 Å². The van der Waals surface area contributed by atoms with Gasteiger partial charge in [0.25, 0.3) is 5.91 Å². The summed E-state index contributed by atoms with van der Waals surface area (Å²) in [6.45, 7) is -0.745. The quantitative estimate of drug-likeness (QED) is 0.200. The van der Waals surface area contributed by atoms with Crippen LogP contribution < -0.4 is 21.7 Å². The van der Waals surface area contributed by atoms with Crippen LogP contribution >= 0.6 is 11.8 Å². The number of rotatable bonds is 10. The summed E-state index contributed by atoms with van der Waals surface area (Å²) in [6, 6.07) is 6.56. The van der Waals surface area contributed by atoms with E-state index in [1.54, 1.807) is 30.3 Å². The minimum Gasteiger partial charge on any atom is -0.477 e. The number of urea groups is 1. The normalized spacial score (nSPS) is 18.8. The van der Waals surface area contributed by atoms with Crippen LogP contribution in [0.3, 0.4) is 0 Å². The Labute approximate surface area is 224 Å². The van der Waals surface area contributed by atoms with Crippen molar-refractivity contribution in [1.82, 2.24) is 20.9 Å². The zero-order valence-electron chi connectivity index (χ0n) is 20.1. The van der Waals surface area contributed by atoms with Crippen LogP contribution in [0.2, 0.25) is 0 Å². The Kier molecular flexibility index (Phi) is 8.19. The van der Waals surface area contributed by atoms with Gasteiger partial charge in [0, 0.05) is 11.3 Å². The molecule has 2 aromatic rings. The van der Waals surface area contributed by atoms with Crippen LogP contribution in [0.1, 0.15) is 22.0 Å². The molecule has 1 aromatic carbocycles. The highest BCUT2D eigenvalue weighted by atomic mass is 32.2. The molecule has 3 heterocycles. The molecule has 5 amide bonds. The number of nitrogens with two attached hydrogens (primary N) is 1. The summed E-state index contributed by atoms with van der Waals surface area (Å²) >= 11 is 1.17. The van der Waals surface area contributed by atoms with Gasteiger partial charge in [0.15, 0.2) is 5.78 Å². The molecule has 1 aromatic heterocycles. The van der Waals surface area contributed by atoms with Crippen LogP contribution in [0.15, 0.2) is 64.6 Å². The number of primary amides is 1. The fourth-order valence-electron chi connectivity index (χ4n) is 4.00. The molecule has 2 unspecified atom stereocenters. The molecule has 2 aliphatic heterocycles. The molecule has 0 bridgehead atoms. The molecule has 0 saturated carbocycles. The lowest BCUT2D eigenvalue weighted by molar-refractivity contribution is -0.151. The summed E-state index contributed by atoms with van der Waals surface area (Å²) in [7, 11) is 0. The molecule has 3 atom stereocenters. The van der Waals surface area contributed by atoms with Gasteiger partial charge < -0.3 is 35.9 Å². The van der Waals surface area contributed by atoms with Crippen LogP contribution in [0.25, 0.3) is 0 Å². The minimum atomic E-state index is -1.40. The summed E-state index contributed by atoms with van der Waals surface area (Å²) in [5, 5.41) is 16.4. The number of aliphatic carboxylic acids is 1. The molecular weight excluding hydrogens is 534 g/mol. The van der Waals surface area contributed by atoms with Crippen LogP contribution in [0.4, 0.5) is 9.59 Å². The summed E-state index contributed by atoms with van der Waals surface area (Å²) in [6.07, 6.45) is 1.47. The van der Waals surface area contributed by atoms with E-state index < -0.39 is 59.8 Å². The Morgan fingerprint density at radius 3 is 2.56 bits per heavy atom. The second-order valence-corrected chi connectivity index (χ2v) is 9.47. The number of hydrogen-bond acceptors (Lipinski definition) is 9. The largest absolute Gasteiger partial charge is 0.477 e. The second kappa shape index (κ2) is 11.7. The number of furan rings is 1. The summed E-state index contributed by atoms with van der Waals surface area (Å²) in [5.74, 6) is -3.09. The third-order valence-electron chi connectivity index (χ3n) is 5.86. The minimum absolute atomic E-state index is 0.114. The Bertz CT molecular complexity index is 1330. The molecule has 1 saturated heterocycles. The molecule has 4 rings (SSSR count). The molecule has 15 heteroatoms. The molecule has 2 aliphatic rings. The number of benzene rings is 1. The third kappa shape index (κ3) is 6.04. The summed E-state index contributed by atoms with van der Waals surface area (Å²) < 4.78 is 9.54. The monoisotopic (exact) mass is 557 g/mol. The van der Waals surface area contributed by atoms with Crippen LogP contribution in [0, 0.1) is 0 Å². The first-order chi connectivity index (χ1) is 18.7. The van der Waals surface area contributed by atoms with Gasteiger partial charge in [-0.15, -0.1) is 11.8 Å². The Hall–Kier alpha value is -4.79. The number of carbonyl (C=O) groups is 6. The van der Waals surface area contributed by atoms with Gasteiger partial charge >= 0.3 is 18.1 Å². The number of nitrogens with zero attached hydrogens (tertiary/aromatic N) is 1. The van der Waals surface area contributed by atoms with E-state index in [-0.39, 0.29) is 29.1 Å². The van der Waals surface area contributed by atoms with Crippen molar-refractivity contribution >= 4 is 47.5 Å². The Morgan fingerprint density at radius 1 is 1.18 bits per heavy atom. The maximum atomic E-state index is 13.3. The van der Waals surface area contributed by atoms with Crippen molar-refractivity contribution in [2.75, 3.05) is 18.9 Å². The highest BCUT2D eigenvalue weighted by molar-refractivity contribution is 8.00. The highest BCUT2D eigenvalue weighted by Crippen LogP contribution is 2.40. The van der Waals surface area contributed by atoms with Gasteiger partial charge in [-0.25, -0.2) is 14.4 Å². The second-order valence-electron chi connectivity index (χ2n) is 8.37. The topological polar surface area (TPSA) is 210 Å². The van der Waals surface area contributed by atoms with E-state index >= 15 is 0 Å². The lowest BCUT2D eigenvalue weighted by atomic mass is 10.0. The lowest BCUT2D eigenvalue weighted by Gasteiger charge is -2.49. The average molecular weight is 558 g/mol. The third-order valence-corrected chi connectivity index (χ3v) is 7.20. The van der Waals surface area contributed by atoms with Gasteiger partial charge in [-0.2, -0.15) is 0 Å². The SMILES string of the molecule is NC(=O)OCC1=C(C(=O)O)N2C(=O)C(NC(=O)C(NC(=O)NCC(=O)c3ccoc3)c3ccccc3)[C@@H]2SC1. The fraction of sp³-hybridized carbons (Fsp3) is 0.250. The molecule has 39 heavy (non-hydrogen) atoms. The van der Waals surface area contributed by atoms with Crippen LogP contribution in [0.5, 0.6) is 0 Å². The molecule has 204 valence electrons. The van der Waals surface area contributed by atoms with Gasteiger partial charge in [0.1, 0.15) is 36.0 Å². The van der Waals surface area contributed by atoms with E-state index in [1.807, 2.05) is 0 Å². The van der Waals surface area contributed by atoms with E-state index in [9.17, 15) is 33.9 Å². The van der Waals surface area contributed by atoms with E-state index in [0.29, 0.717) is 5.56 Å². The number of fused-ring (bicyclic) bond motifs is 1. The number of Topliss-reactive ketones (excluding diaryl/α,β-unsaturated/α-hetero) is 1. The number of carboxylic acids is 1. The van der Waals surface area contributed by atoms with E-state index in [0.717, 1.165) is 4.90 Å². The molecule has 6 N–H and O–H groups in total. The van der Waals surface area contributed by atoms with E-state index in [1.165, 1.54) is 30.4 Å². The predicted molar refractivity (Wildman–Crippen MR) is 134 cm³/mol. The number of hydrogen-bond donors (Lipinski definition) is 5. The van der Waals surface area contributed by atoms with Crippen LogP contribution in [-0.4, -0.2) is 76.0 Å². The molecule has 1 fully saturated rings. The zero-order chi connectivity index (χ0) is 28.1. The maximum absolute atomic E-state index is 13.3. The van der Waals surface area contributed by atoms with Crippen molar-refractivity contribution in [3.8, 4) is 0 Å². The Morgan fingerprint density at radius 2 is 1.92 bits per heavy atom. The summed E-state index contributed by atoms with van der Waals surface area (Å²) in [4.78, 5) is 74.7. The first kappa shape index (κ1) is 27.3. The van der Waals surface area contributed by atoms with Crippen LogP contribution in [-0.2, 0) is 19.1 Å². The number of ether oxygens (including phenoxy) is 1. The van der Waals surface area contributed by atoms with Crippen molar-refractivity contribution in [3.05, 3.63) is 71.3 Å². The molecule has 0 radical (unpaired) electrons. The average Bonchev–Trinajstić information content (AvgIpc) is 3.47. The predicted octanol–water partition coefficient (Wildman–Crippen LogP) is 0.337. The standard InChI is InChI=1S/C24H23N5O9S/c25-23(35)38-10-14-11-39-21-17(20(32)29(21)18(14)22(33)34)27-19(31)16(12-4-2-1-3-5-12)28-24(36)26-8-15(30)13-6-7-37-9-13/h1-7,9,16-17,21H,8,10-11H2,(H2,25,35)(H,27,31)(H,33,34)(H2,26,28,36)/t16?,17?,21-/m0/s1. The van der Waals surface area contributed by atoms with Gasteiger partial charge in [-0.05, 0) is 11.6 Å². The van der Waals surface area contributed by atoms with Crippen molar-refractivity contribution in [2.45, 2.75) is 17.5 Å². The van der Waals surface area contributed by atoms with Crippen molar-refractivity contribution < 1.29 is 43.0 Å². The van der Waals surface area contributed by atoms with Gasteiger partial charge in [0.05, 0.1) is 18.4 Å². The zero-order valence-corrected chi connectivity index (χ0v) is 20.9. The molecular formula is C24H23N5O9S. The maximum Gasteiger partial charge on any atom is 0.404 e. The first-order valence-electron chi connectivity index (χ1n) is 11.4. The molecule has 0 aliphatic carbocycles. The lowest BCUT2D eigenvalue weighted by Crippen LogP contribution is -2.71.